The van der Waals surface area contributed by atoms with Gasteiger partial charge in [0, 0.05) is 5.41 Å². The van der Waals surface area contributed by atoms with Crippen molar-refractivity contribution in [1.29, 1.82) is 0 Å². The summed E-state index contributed by atoms with van der Waals surface area (Å²) in [5.41, 5.74) is -0.614. The van der Waals surface area contributed by atoms with Crippen molar-refractivity contribution in [3.63, 3.8) is 0 Å². The Morgan fingerprint density at radius 3 is 1.86 bits per heavy atom. The summed E-state index contributed by atoms with van der Waals surface area (Å²) < 4.78 is 0. The average molecular weight is 314 g/mol. The van der Waals surface area contributed by atoms with Crippen molar-refractivity contribution >= 4 is 17.8 Å². The number of carboxylic acids is 1. The lowest BCUT2D eigenvalue weighted by molar-refractivity contribution is -0.142. The lowest BCUT2D eigenvalue weighted by Crippen LogP contribution is -2.52. The van der Waals surface area contributed by atoms with Crippen molar-refractivity contribution in [1.82, 2.24) is 10.6 Å². The van der Waals surface area contributed by atoms with Crippen molar-refractivity contribution in [3.8, 4) is 0 Å². The van der Waals surface area contributed by atoms with Gasteiger partial charge in [-0.25, -0.2) is 4.79 Å². The minimum atomic E-state index is -1.06. The number of nitrogens with one attached hydrogen (secondary N) is 2. The van der Waals surface area contributed by atoms with E-state index in [9.17, 15) is 19.5 Å². The number of hydrogen-bond donors (Lipinski definition) is 3. The molecular formula is C16H30N2O4. The molecule has 2 amide bonds. The van der Waals surface area contributed by atoms with E-state index in [2.05, 4.69) is 10.6 Å². The van der Waals surface area contributed by atoms with Gasteiger partial charge in [-0.2, -0.15) is 0 Å². The van der Waals surface area contributed by atoms with E-state index in [-0.39, 0.29) is 11.3 Å². The van der Waals surface area contributed by atoms with Crippen LogP contribution in [0.3, 0.4) is 0 Å². The molecule has 2 unspecified atom stereocenters. The first-order valence-corrected chi connectivity index (χ1v) is 7.58. The second kappa shape index (κ2) is 7.61. The topological polar surface area (TPSA) is 95.5 Å². The molecule has 2 atom stereocenters. The Balaban J connectivity index is 4.63. The van der Waals surface area contributed by atoms with Crippen LogP contribution in [0.5, 0.6) is 0 Å². The monoisotopic (exact) mass is 314 g/mol. The van der Waals surface area contributed by atoms with Crippen LogP contribution in [-0.2, 0) is 14.4 Å². The zero-order chi connectivity index (χ0) is 17.7. The van der Waals surface area contributed by atoms with Gasteiger partial charge in [0.15, 0.2) is 0 Å². The number of hydrogen-bond acceptors (Lipinski definition) is 3. The third-order valence-electron chi connectivity index (χ3n) is 3.22. The average Bonchev–Trinajstić information content (AvgIpc) is 2.31. The molecule has 0 aromatic carbocycles. The van der Waals surface area contributed by atoms with Crippen LogP contribution in [0.4, 0.5) is 0 Å². The molecule has 0 heterocycles. The molecule has 0 aromatic rings. The van der Waals surface area contributed by atoms with E-state index in [4.69, 9.17) is 0 Å². The molecule has 0 fully saturated rings. The molecule has 128 valence electrons. The molecule has 0 bridgehead atoms. The van der Waals surface area contributed by atoms with E-state index < -0.39 is 29.4 Å². The second-order valence-corrected chi connectivity index (χ2v) is 7.94. The summed E-state index contributed by atoms with van der Waals surface area (Å²) in [6.07, 6.45) is 1.03. The number of aliphatic carboxylic acids is 1. The van der Waals surface area contributed by atoms with Gasteiger partial charge in [-0.05, 0) is 25.2 Å². The van der Waals surface area contributed by atoms with Crippen LogP contribution in [0.25, 0.3) is 0 Å². The van der Waals surface area contributed by atoms with Gasteiger partial charge in [-0.15, -0.1) is 0 Å². The van der Waals surface area contributed by atoms with Gasteiger partial charge in [-0.3, -0.25) is 9.59 Å². The molecule has 0 aliphatic rings. The zero-order valence-corrected chi connectivity index (χ0v) is 14.7. The summed E-state index contributed by atoms with van der Waals surface area (Å²) in [6, 6.07) is -1.72. The highest BCUT2D eigenvalue weighted by molar-refractivity contribution is 5.91. The summed E-state index contributed by atoms with van der Waals surface area (Å²) in [7, 11) is 0. The normalized spacial score (nSPS) is 14.9. The highest BCUT2D eigenvalue weighted by Crippen LogP contribution is 2.21. The van der Waals surface area contributed by atoms with Crippen LogP contribution in [0.2, 0.25) is 0 Å². The molecule has 0 radical (unpaired) electrons. The Labute approximate surface area is 133 Å². The predicted octanol–water partition coefficient (Wildman–Crippen LogP) is 1.93. The Bertz CT molecular complexity index is 419. The molecular weight excluding hydrogens is 284 g/mol. The molecule has 3 N–H and O–H groups in total. The number of amides is 2. The maximum absolute atomic E-state index is 12.1. The maximum Gasteiger partial charge on any atom is 0.326 e. The molecule has 0 saturated carbocycles. The summed E-state index contributed by atoms with van der Waals surface area (Å²) in [5.74, 6) is -1.80. The lowest BCUT2D eigenvalue weighted by atomic mass is 9.88. The standard InChI is InChI=1S/C16H30N2O4/c1-10(17-14(22)16(5,6)7)12(19)18-11(13(20)21)8-9-15(2,3)4/h10-11H,8-9H2,1-7H3,(H,17,22)(H,18,19)(H,20,21). The SMILES string of the molecule is CC(NC(=O)C(C)(C)C)C(=O)NC(CCC(C)(C)C)C(=O)O. The van der Waals surface area contributed by atoms with Crippen LogP contribution in [0, 0.1) is 10.8 Å². The fraction of sp³-hybridized carbons (Fsp3) is 0.812. The van der Waals surface area contributed by atoms with Crippen LogP contribution < -0.4 is 10.6 Å². The van der Waals surface area contributed by atoms with Gasteiger partial charge >= 0.3 is 5.97 Å². The first-order valence-electron chi connectivity index (χ1n) is 7.58. The summed E-state index contributed by atoms with van der Waals surface area (Å²) in [5, 5.41) is 14.3. The van der Waals surface area contributed by atoms with Gasteiger partial charge in [0.2, 0.25) is 11.8 Å². The first-order chi connectivity index (χ1) is 9.74. The van der Waals surface area contributed by atoms with Crippen molar-refractivity contribution in [2.45, 2.75) is 73.4 Å². The maximum atomic E-state index is 12.1. The summed E-state index contributed by atoms with van der Waals surface area (Å²) in [6.45, 7) is 12.8. The van der Waals surface area contributed by atoms with E-state index in [1.165, 1.54) is 0 Å². The molecule has 0 spiro atoms. The Morgan fingerprint density at radius 2 is 1.50 bits per heavy atom. The van der Waals surface area contributed by atoms with E-state index in [1.54, 1.807) is 27.7 Å². The van der Waals surface area contributed by atoms with Crippen LogP contribution >= 0.6 is 0 Å². The van der Waals surface area contributed by atoms with Gasteiger partial charge in [0.05, 0.1) is 0 Å². The van der Waals surface area contributed by atoms with Crippen molar-refractivity contribution in [2.24, 2.45) is 10.8 Å². The smallest absolute Gasteiger partial charge is 0.326 e. The second-order valence-electron chi connectivity index (χ2n) is 7.94. The molecule has 0 rings (SSSR count). The molecule has 6 heteroatoms. The van der Waals surface area contributed by atoms with Gasteiger partial charge in [0.1, 0.15) is 12.1 Å². The van der Waals surface area contributed by atoms with E-state index in [1.807, 2.05) is 20.8 Å². The van der Waals surface area contributed by atoms with Crippen molar-refractivity contribution < 1.29 is 19.5 Å². The fourth-order valence-corrected chi connectivity index (χ4v) is 1.61. The minimum Gasteiger partial charge on any atom is -0.480 e. The van der Waals surface area contributed by atoms with Crippen LogP contribution in [0.1, 0.15) is 61.3 Å². The Hall–Kier alpha value is -1.59. The van der Waals surface area contributed by atoms with Crippen molar-refractivity contribution in [2.75, 3.05) is 0 Å². The van der Waals surface area contributed by atoms with E-state index in [0.717, 1.165) is 0 Å². The Morgan fingerprint density at radius 1 is 1.00 bits per heavy atom. The van der Waals surface area contributed by atoms with Gasteiger partial charge in [-0.1, -0.05) is 41.5 Å². The van der Waals surface area contributed by atoms with Crippen LogP contribution in [0.15, 0.2) is 0 Å². The number of carbonyl (C=O) groups excluding carboxylic acids is 2. The predicted molar refractivity (Wildman–Crippen MR) is 85.3 cm³/mol. The highest BCUT2D eigenvalue weighted by atomic mass is 16.4. The van der Waals surface area contributed by atoms with Gasteiger partial charge < -0.3 is 15.7 Å². The fourth-order valence-electron chi connectivity index (χ4n) is 1.61. The first kappa shape index (κ1) is 20.4. The van der Waals surface area contributed by atoms with Crippen LogP contribution in [-0.4, -0.2) is 35.0 Å². The van der Waals surface area contributed by atoms with E-state index in [0.29, 0.717) is 12.8 Å². The summed E-state index contributed by atoms with van der Waals surface area (Å²) >= 11 is 0. The zero-order valence-electron chi connectivity index (χ0n) is 14.7. The summed E-state index contributed by atoms with van der Waals surface area (Å²) in [4.78, 5) is 35.2. The highest BCUT2D eigenvalue weighted by Gasteiger charge is 2.28. The quantitative estimate of drug-likeness (QED) is 0.698. The minimum absolute atomic E-state index is 0.00943. The third-order valence-corrected chi connectivity index (χ3v) is 3.22. The van der Waals surface area contributed by atoms with Crippen molar-refractivity contribution in [3.05, 3.63) is 0 Å². The molecule has 0 saturated heterocycles. The van der Waals surface area contributed by atoms with Gasteiger partial charge in [0.25, 0.3) is 0 Å². The third kappa shape index (κ3) is 8.00. The molecule has 6 nitrogen and oxygen atoms in total. The van der Waals surface area contributed by atoms with E-state index >= 15 is 0 Å². The molecule has 22 heavy (non-hydrogen) atoms. The number of carbonyl (C=O) groups is 3. The largest absolute Gasteiger partial charge is 0.480 e. The number of carboxylic acid groups (broad SMARTS) is 1. The lowest BCUT2D eigenvalue weighted by Gasteiger charge is -2.24. The molecule has 0 aliphatic heterocycles. The molecule has 0 aromatic heterocycles. The number of rotatable bonds is 6. The Kier molecular flexibility index (Phi) is 7.06. The molecule has 0 aliphatic carbocycles.